The van der Waals surface area contributed by atoms with Crippen molar-refractivity contribution in [3.05, 3.63) is 15.9 Å². The van der Waals surface area contributed by atoms with Crippen LogP contribution in [0, 0.1) is 6.92 Å². The maximum atomic E-state index is 11.4. The first-order chi connectivity index (χ1) is 8.56. The molecule has 1 rings (SSSR count). The number of rotatable bonds is 7. The minimum absolute atomic E-state index is 0.101. The van der Waals surface area contributed by atoms with E-state index in [1.807, 2.05) is 25.6 Å². The van der Waals surface area contributed by atoms with Crippen molar-refractivity contribution in [2.45, 2.75) is 33.2 Å². The van der Waals surface area contributed by atoms with Gasteiger partial charge in [0.15, 0.2) is 0 Å². The molecule has 1 amide bonds. The third kappa shape index (κ3) is 4.42. The van der Waals surface area contributed by atoms with E-state index in [4.69, 9.17) is 0 Å². The smallest absolute Gasteiger partial charge is 0.221 e. The van der Waals surface area contributed by atoms with Crippen LogP contribution in [-0.2, 0) is 18.4 Å². The molecule has 0 saturated heterocycles. The van der Waals surface area contributed by atoms with Gasteiger partial charge in [0.25, 0.3) is 0 Å². The molecule has 0 spiro atoms. The van der Waals surface area contributed by atoms with Gasteiger partial charge in [0, 0.05) is 33.1 Å². The molecule has 0 radical (unpaired) electrons. The zero-order valence-electron chi connectivity index (χ0n) is 11.2. The molecule has 0 fully saturated rings. The number of halogens is 1. The highest BCUT2D eigenvalue weighted by Crippen LogP contribution is 2.19. The van der Waals surface area contributed by atoms with Crippen molar-refractivity contribution in [2.24, 2.45) is 7.05 Å². The Labute approximate surface area is 116 Å². The van der Waals surface area contributed by atoms with Gasteiger partial charge in [0.1, 0.15) is 0 Å². The summed E-state index contributed by atoms with van der Waals surface area (Å²) in [4.78, 5) is 11.4. The van der Waals surface area contributed by atoms with Gasteiger partial charge >= 0.3 is 0 Å². The maximum Gasteiger partial charge on any atom is 0.221 e. The van der Waals surface area contributed by atoms with Crippen molar-refractivity contribution < 1.29 is 4.79 Å². The van der Waals surface area contributed by atoms with E-state index in [1.165, 1.54) is 0 Å². The minimum atomic E-state index is 0.101. The van der Waals surface area contributed by atoms with Crippen molar-refractivity contribution in [3.8, 4) is 0 Å². The molecule has 5 nitrogen and oxygen atoms in total. The van der Waals surface area contributed by atoms with Crippen molar-refractivity contribution in [1.82, 2.24) is 20.4 Å². The summed E-state index contributed by atoms with van der Waals surface area (Å²) in [5, 5.41) is 10.4. The molecule has 6 heteroatoms. The van der Waals surface area contributed by atoms with E-state index in [1.54, 1.807) is 0 Å². The lowest BCUT2D eigenvalue weighted by atomic mass is 10.3. The summed E-state index contributed by atoms with van der Waals surface area (Å²) in [5.74, 6) is 0.101. The van der Waals surface area contributed by atoms with E-state index in [2.05, 4.69) is 31.7 Å². The molecule has 1 heterocycles. The summed E-state index contributed by atoms with van der Waals surface area (Å²) in [6.07, 6.45) is 1.48. The molecule has 0 atom stereocenters. The molecule has 2 N–H and O–H groups in total. The molecule has 1 aromatic heterocycles. The summed E-state index contributed by atoms with van der Waals surface area (Å²) in [6.45, 7) is 6.14. The molecular weight excluding hydrogens is 296 g/mol. The number of nitrogens with zero attached hydrogens (tertiary/aromatic N) is 2. The quantitative estimate of drug-likeness (QED) is 0.749. The molecule has 1 aromatic rings. The third-order valence-corrected chi connectivity index (χ3v) is 3.69. The number of carbonyl (C=O) groups is 1. The highest BCUT2D eigenvalue weighted by molar-refractivity contribution is 9.10. The highest BCUT2D eigenvalue weighted by Gasteiger charge is 2.09. The Morgan fingerprint density at radius 2 is 2.17 bits per heavy atom. The average molecular weight is 317 g/mol. The first kappa shape index (κ1) is 15.2. The van der Waals surface area contributed by atoms with Crippen LogP contribution in [0.3, 0.4) is 0 Å². The lowest BCUT2D eigenvalue weighted by molar-refractivity contribution is -0.120. The normalized spacial score (nSPS) is 10.7. The predicted molar refractivity (Wildman–Crippen MR) is 75.3 cm³/mol. The van der Waals surface area contributed by atoms with Crippen LogP contribution < -0.4 is 10.6 Å². The Morgan fingerprint density at radius 3 is 2.72 bits per heavy atom. The van der Waals surface area contributed by atoms with Gasteiger partial charge in [-0.2, -0.15) is 5.10 Å². The van der Waals surface area contributed by atoms with Crippen LogP contribution in [0.2, 0.25) is 0 Å². The van der Waals surface area contributed by atoms with Crippen molar-refractivity contribution >= 4 is 21.8 Å². The first-order valence-corrected chi connectivity index (χ1v) is 7.01. The fraction of sp³-hybridized carbons (Fsp3) is 0.667. The molecular formula is C12H21BrN4O. The number of hydrogen-bond acceptors (Lipinski definition) is 3. The molecule has 0 aliphatic heterocycles. The summed E-state index contributed by atoms with van der Waals surface area (Å²) < 4.78 is 2.89. The standard InChI is InChI=1S/C12H21BrN4O/c1-4-6-15-11(18)5-7-14-8-10-12(13)9(2)16-17(10)3/h14H,4-8H2,1-3H3,(H,15,18). The van der Waals surface area contributed by atoms with Crippen LogP contribution in [0.5, 0.6) is 0 Å². The van der Waals surface area contributed by atoms with E-state index < -0.39 is 0 Å². The summed E-state index contributed by atoms with van der Waals surface area (Å²) >= 11 is 3.51. The zero-order chi connectivity index (χ0) is 13.5. The van der Waals surface area contributed by atoms with Crippen LogP contribution in [0.4, 0.5) is 0 Å². The SMILES string of the molecule is CCCNC(=O)CCNCc1c(Br)c(C)nn1C. The minimum Gasteiger partial charge on any atom is -0.356 e. The van der Waals surface area contributed by atoms with Crippen molar-refractivity contribution in [3.63, 3.8) is 0 Å². The Hall–Kier alpha value is -0.880. The van der Waals surface area contributed by atoms with Gasteiger partial charge in [-0.3, -0.25) is 9.48 Å². The number of hydrogen-bond donors (Lipinski definition) is 2. The van der Waals surface area contributed by atoms with Crippen LogP contribution >= 0.6 is 15.9 Å². The highest BCUT2D eigenvalue weighted by atomic mass is 79.9. The van der Waals surface area contributed by atoms with Gasteiger partial charge in [-0.05, 0) is 29.3 Å². The summed E-state index contributed by atoms with van der Waals surface area (Å²) in [6, 6.07) is 0. The predicted octanol–water partition coefficient (Wildman–Crippen LogP) is 1.50. The molecule has 102 valence electrons. The molecule has 0 bridgehead atoms. The maximum absolute atomic E-state index is 11.4. The van der Waals surface area contributed by atoms with Crippen LogP contribution in [0.15, 0.2) is 4.47 Å². The van der Waals surface area contributed by atoms with Crippen LogP contribution in [0.25, 0.3) is 0 Å². The van der Waals surface area contributed by atoms with Crippen LogP contribution in [0.1, 0.15) is 31.2 Å². The number of aryl methyl sites for hydroxylation is 2. The Morgan fingerprint density at radius 1 is 1.44 bits per heavy atom. The lowest BCUT2D eigenvalue weighted by Crippen LogP contribution is -2.28. The van der Waals surface area contributed by atoms with Crippen molar-refractivity contribution in [1.29, 1.82) is 0 Å². The molecule has 0 aliphatic rings. The number of aromatic nitrogens is 2. The Bertz CT molecular complexity index is 403. The number of amides is 1. The summed E-state index contributed by atoms with van der Waals surface area (Å²) in [7, 11) is 1.92. The van der Waals surface area contributed by atoms with E-state index in [0.717, 1.165) is 28.8 Å². The Kier molecular flexibility index (Phi) is 6.35. The lowest BCUT2D eigenvalue weighted by Gasteiger charge is -2.06. The molecule has 0 unspecified atom stereocenters. The molecule has 0 saturated carbocycles. The van der Waals surface area contributed by atoms with E-state index >= 15 is 0 Å². The van der Waals surface area contributed by atoms with E-state index in [9.17, 15) is 4.79 Å². The van der Waals surface area contributed by atoms with E-state index in [-0.39, 0.29) is 5.91 Å². The van der Waals surface area contributed by atoms with Crippen molar-refractivity contribution in [2.75, 3.05) is 13.1 Å². The third-order valence-electron chi connectivity index (χ3n) is 2.66. The number of nitrogens with one attached hydrogen (secondary N) is 2. The largest absolute Gasteiger partial charge is 0.356 e. The second kappa shape index (κ2) is 7.53. The van der Waals surface area contributed by atoms with Gasteiger partial charge in [-0.25, -0.2) is 0 Å². The Balaban J connectivity index is 2.27. The van der Waals surface area contributed by atoms with Gasteiger partial charge in [0.2, 0.25) is 5.91 Å². The fourth-order valence-corrected chi connectivity index (χ4v) is 2.11. The second-order valence-corrected chi connectivity index (χ2v) is 5.04. The number of carbonyl (C=O) groups excluding carboxylic acids is 1. The summed E-state index contributed by atoms with van der Waals surface area (Å²) in [5.41, 5.74) is 2.08. The van der Waals surface area contributed by atoms with Gasteiger partial charge in [-0.15, -0.1) is 0 Å². The second-order valence-electron chi connectivity index (χ2n) is 4.25. The monoisotopic (exact) mass is 316 g/mol. The molecule has 18 heavy (non-hydrogen) atoms. The van der Waals surface area contributed by atoms with E-state index in [0.29, 0.717) is 19.5 Å². The van der Waals surface area contributed by atoms with Crippen LogP contribution in [-0.4, -0.2) is 28.8 Å². The first-order valence-electron chi connectivity index (χ1n) is 6.21. The van der Waals surface area contributed by atoms with Gasteiger partial charge in [0.05, 0.1) is 15.9 Å². The average Bonchev–Trinajstić information content (AvgIpc) is 2.57. The molecule has 0 aliphatic carbocycles. The molecule has 0 aromatic carbocycles. The topological polar surface area (TPSA) is 59.0 Å². The fourth-order valence-electron chi connectivity index (χ4n) is 1.63. The zero-order valence-corrected chi connectivity index (χ0v) is 12.8. The van der Waals surface area contributed by atoms with Gasteiger partial charge in [-0.1, -0.05) is 6.92 Å². The van der Waals surface area contributed by atoms with Gasteiger partial charge < -0.3 is 10.6 Å².